The molecule has 2 rings (SSSR count). The van der Waals surface area contributed by atoms with Gasteiger partial charge in [0.2, 0.25) is 5.95 Å². The number of aryl methyl sites for hydroxylation is 2. The Balaban J connectivity index is 1.98. The number of piperazine rings is 1. The largest absolute Gasteiger partial charge is 0.372 e. The summed E-state index contributed by atoms with van der Waals surface area (Å²) in [6.07, 6.45) is 2.31. The number of hydrogen-bond acceptors (Lipinski definition) is 5. The molecule has 0 bridgehead atoms. The highest BCUT2D eigenvalue weighted by molar-refractivity contribution is 5.81. The Kier molecular flexibility index (Phi) is 6.33. The van der Waals surface area contributed by atoms with E-state index in [0.717, 1.165) is 49.7 Å². The molecule has 0 N–H and O–H groups in total. The number of methoxy groups -OCH3 is 1. The van der Waals surface area contributed by atoms with Crippen LogP contribution in [0.25, 0.3) is 0 Å². The van der Waals surface area contributed by atoms with Gasteiger partial charge in [-0.3, -0.25) is 4.79 Å². The van der Waals surface area contributed by atoms with Crippen LogP contribution >= 0.6 is 0 Å². The average molecular weight is 320 g/mol. The van der Waals surface area contributed by atoms with E-state index in [0.29, 0.717) is 13.1 Å². The van der Waals surface area contributed by atoms with E-state index < -0.39 is 0 Å². The van der Waals surface area contributed by atoms with E-state index >= 15 is 0 Å². The van der Waals surface area contributed by atoms with Gasteiger partial charge in [-0.25, -0.2) is 9.97 Å². The highest BCUT2D eigenvalue weighted by atomic mass is 16.5. The maximum atomic E-state index is 12.5. The zero-order chi connectivity index (χ0) is 16.8. The predicted molar refractivity (Wildman–Crippen MR) is 90.6 cm³/mol. The van der Waals surface area contributed by atoms with E-state index in [-0.39, 0.29) is 12.0 Å². The van der Waals surface area contributed by atoms with Gasteiger partial charge in [0.15, 0.2) is 0 Å². The molecule has 1 atom stereocenters. The van der Waals surface area contributed by atoms with E-state index in [1.807, 2.05) is 17.9 Å². The quantitative estimate of drug-likeness (QED) is 0.800. The number of amides is 1. The highest BCUT2D eigenvalue weighted by Gasteiger charge is 2.27. The highest BCUT2D eigenvalue weighted by Crippen LogP contribution is 2.15. The number of nitrogens with zero attached hydrogens (tertiary/aromatic N) is 4. The molecule has 0 aromatic carbocycles. The Bertz CT molecular complexity index is 527. The maximum Gasteiger partial charge on any atom is 0.251 e. The van der Waals surface area contributed by atoms with Crippen LogP contribution in [-0.4, -0.2) is 60.2 Å². The summed E-state index contributed by atoms with van der Waals surface area (Å²) in [5.74, 6) is 0.888. The minimum atomic E-state index is -0.312. The molecule has 0 spiro atoms. The third kappa shape index (κ3) is 4.41. The molecule has 1 fully saturated rings. The number of carbonyl (C=O) groups excluding carboxylic acids is 1. The first-order chi connectivity index (χ1) is 11.1. The second-order valence-corrected chi connectivity index (χ2v) is 5.98. The van der Waals surface area contributed by atoms with Crippen LogP contribution in [-0.2, 0) is 16.0 Å². The second kappa shape index (κ2) is 8.24. The topological polar surface area (TPSA) is 58.6 Å². The molecule has 6 nitrogen and oxygen atoms in total. The first-order valence-electron chi connectivity index (χ1n) is 8.50. The fourth-order valence-corrected chi connectivity index (χ4v) is 2.87. The monoisotopic (exact) mass is 320 g/mol. The van der Waals surface area contributed by atoms with Crippen molar-refractivity contribution in [2.45, 2.75) is 46.1 Å². The number of rotatable bonds is 6. The van der Waals surface area contributed by atoms with Crippen LogP contribution < -0.4 is 4.90 Å². The Hall–Kier alpha value is -1.69. The van der Waals surface area contributed by atoms with Crippen molar-refractivity contribution in [3.63, 3.8) is 0 Å². The first-order valence-corrected chi connectivity index (χ1v) is 8.50. The van der Waals surface area contributed by atoms with Crippen LogP contribution in [0, 0.1) is 6.92 Å². The van der Waals surface area contributed by atoms with Gasteiger partial charge in [0.05, 0.1) is 0 Å². The van der Waals surface area contributed by atoms with Crippen LogP contribution in [0.1, 0.15) is 38.1 Å². The molecule has 23 heavy (non-hydrogen) atoms. The van der Waals surface area contributed by atoms with Gasteiger partial charge in [0.25, 0.3) is 5.91 Å². The van der Waals surface area contributed by atoms with Gasteiger partial charge in [-0.15, -0.1) is 0 Å². The van der Waals surface area contributed by atoms with Crippen LogP contribution in [0.15, 0.2) is 6.07 Å². The molecular formula is C17H28N4O2. The van der Waals surface area contributed by atoms with Gasteiger partial charge in [0, 0.05) is 44.7 Å². The molecule has 2 heterocycles. The third-order valence-electron chi connectivity index (χ3n) is 4.24. The first kappa shape index (κ1) is 17.7. The number of hydrogen-bond donors (Lipinski definition) is 0. The summed E-state index contributed by atoms with van der Waals surface area (Å²) in [5, 5.41) is 0. The Morgan fingerprint density at radius 3 is 2.52 bits per heavy atom. The van der Waals surface area contributed by atoms with Crippen molar-refractivity contribution in [2.75, 3.05) is 38.2 Å². The van der Waals surface area contributed by atoms with Crippen LogP contribution in [0.2, 0.25) is 0 Å². The average Bonchev–Trinajstić information content (AvgIpc) is 2.58. The smallest absolute Gasteiger partial charge is 0.251 e. The van der Waals surface area contributed by atoms with Crippen molar-refractivity contribution in [2.24, 2.45) is 0 Å². The molecule has 1 aromatic rings. The molecule has 1 aromatic heterocycles. The van der Waals surface area contributed by atoms with Gasteiger partial charge in [-0.05, 0) is 25.8 Å². The number of aromatic nitrogens is 2. The minimum Gasteiger partial charge on any atom is -0.372 e. The van der Waals surface area contributed by atoms with Crippen LogP contribution in [0.5, 0.6) is 0 Å². The zero-order valence-corrected chi connectivity index (χ0v) is 14.7. The summed E-state index contributed by atoms with van der Waals surface area (Å²) in [5.41, 5.74) is 2.06. The van der Waals surface area contributed by atoms with E-state index in [4.69, 9.17) is 4.74 Å². The van der Waals surface area contributed by atoms with E-state index in [9.17, 15) is 4.79 Å². The molecule has 128 valence electrons. The third-order valence-corrected chi connectivity index (χ3v) is 4.24. The van der Waals surface area contributed by atoms with Gasteiger partial charge < -0.3 is 14.5 Å². The number of carbonyl (C=O) groups is 1. The summed E-state index contributed by atoms with van der Waals surface area (Å²) in [6.45, 7) is 9.08. The summed E-state index contributed by atoms with van der Waals surface area (Å²) >= 11 is 0. The van der Waals surface area contributed by atoms with Crippen molar-refractivity contribution in [3.8, 4) is 0 Å². The Morgan fingerprint density at radius 2 is 1.96 bits per heavy atom. The summed E-state index contributed by atoms with van der Waals surface area (Å²) in [6, 6.07) is 2.03. The molecule has 1 aliphatic heterocycles. The lowest BCUT2D eigenvalue weighted by molar-refractivity contribution is -0.142. The van der Waals surface area contributed by atoms with E-state index in [1.54, 1.807) is 7.11 Å². The molecule has 0 radical (unpaired) electrons. The molecule has 0 aliphatic carbocycles. The maximum absolute atomic E-state index is 12.5. The normalized spacial score (nSPS) is 16.5. The molecular weight excluding hydrogens is 292 g/mol. The van der Waals surface area contributed by atoms with E-state index in [1.165, 1.54) is 0 Å². The van der Waals surface area contributed by atoms with Crippen molar-refractivity contribution in [1.82, 2.24) is 14.9 Å². The van der Waals surface area contributed by atoms with Crippen molar-refractivity contribution in [1.29, 1.82) is 0 Å². The summed E-state index contributed by atoms with van der Waals surface area (Å²) in [4.78, 5) is 25.7. The fourth-order valence-electron chi connectivity index (χ4n) is 2.87. The zero-order valence-electron chi connectivity index (χ0n) is 14.7. The predicted octanol–water partition coefficient (Wildman–Crippen LogP) is 1.81. The van der Waals surface area contributed by atoms with Gasteiger partial charge >= 0.3 is 0 Å². The Labute approximate surface area is 138 Å². The van der Waals surface area contributed by atoms with E-state index in [2.05, 4.69) is 28.7 Å². The van der Waals surface area contributed by atoms with Crippen molar-refractivity contribution >= 4 is 11.9 Å². The van der Waals surface area contributed by atoms with Gasteiger partial charge in [-0.2, -0.15) is 0 Å². The van der Waals surface area contributed by atoms with Crippen molar-refractivity contribution in [3.05, 3.63) is 17.5 Å². The molecule has 6 heteroatoms. The lowest BCUT2D eigenvalue weighted by Crippen LogP contribution is -2.52. The van der Waals surface area contributed by atoms with Crippen LogP contribution in [0.3, 0.4) is 0 Å². The van der Waals surface area contributed by atoms with Gasteiger partial charge in [0.1, 0.15) is 6.10 Å². The lowest BCUT2D eigenvalue weighted by atomic mass is 10.1. The number of anilines is 1. The molecule has 1 amide bonds. The SMILES string of the molecule is CCCC(OC)C(=O)N1CCN(c2nc(C)cc(CC)n2)CC1. The van der Waals surface area contributed by atoms with Gasteiger partial charge in [-0.1, -0.05) is 20.3 Å². The molecule has 1 saturated heterocycles. The standard InChI is InChI=1S/C17H28N4O2/c1-5-7-15(23-4)16(22)20-8-10-21(11-9-20)17-18-13(3)12-14(6-2)19-17/h12,15H,5-11H2,1-4H3. The fraction of sp³-hybridized carbons (Fsp3) is 0.706. The Morgan fingerprint density at radius 1 is 1.26 bits per heavy atom. The van der Waals surface area contributed by atoms with Crippen molar-refractivity contribution < 1.29 is 9.53 Å². The molecule has 1 aliphatic rings. The summed E-state index contributed by atoms with van der Waals surface area (Å²) in [7, 11) is 1.61. The minimum absolute atomic E-state index is 0.105. The second-order valence-electron chi connectivity index (χ2n) is 5.98. The van der Waals surface area contributed by atoms with Crippen LogP contribution in [0.4, 0.5) is 5.95 Å². The summed E-state index contributed by atoms with van der Waals surface area (Å²) < 4.78 is 5.33. The molecule has 1 unspecified atom stereocenters. The number of ether oxygens (including phenoxy) is 1. The lowest BCUT2D eigenvalue weighted by Gasteiger charge is -2.36. The molecule has 0 saturated carbocycles.